The van der Waals surface area contributed by atoms with Gasteiger partial charge in [-0.3, -0.25) is 9.59 Å². The average Bonchev–Trinajstić information content (AvgIpc) is 3.07. The molecule has 1 amide bonds. The Labute approximate surface area is 136 Å². The normalized spacial score (nSPS) is 11.1. The molecule has 0 bridgehead atoms. The predicted octanol–water partition coefficient (Wildman–Crippen LogP) is 2.76. The second-order valence-corrected chi connectivity index (χ2v) is 6.36. The van der Waals surface area contributed by atoms with E-state index in [-0.39, 0.29) is 17.6 Å². The summed E-state index contributed by atoms with van der Waals surface area (Å²) < 4.78 is 1.60. The second-order valence-electron chi connectivity index (χ2n) is 5.40. The molecule has 0 radical (unpaired) electrons. The molecular formula is C15H15N5O2S. The number of hydrogen-bond acceptors (Lipinski definition) is 6. The number of nitrogens with one attached hydrogen (secondary N) is 1. The van der Waals surface area contributed by atoms with Crippen molar-refractivity contribution >= 4 is 33.7 Å². The Balaban J connectivity index is 1.81. The Morgan fingerprint density at radius 2 is 1.87 bits per heavy atom. The molecule has 0 fully saturated rings. The molecule has 2 heterocycles. The molecule has 0 aliphatic heterocycles. The molecule has 8 heteroatoms. The Bertz CT molecular complexity index is 879. The number of anilines is 1. The number of benzene rings is 1. The molecule has 3 rings (SSSR count). The number of carbonyl (C=O) groups excluding carboxylic acids is 2. The van der Waals surface area contributed by atoms with E-state index in [1.807, 2.05) is 13.8 Å². The van der Waals surface area contributed by atoms with Crippen LogP contribution in [0.5, 0.6) is 0 Å². The van der Waals surface area contributed by atoms with Gasteiger partial charge in [-0.25, -0.2) is 0 Å². The molecule has 1 aromatic carbocycles. The highest BCUT2D eigenvalue weighted by molar-refractivity contribution is 7.18. The quantitative estimate of drug-likeness (QED) is 0.743. The molecule has 0 aliphatic rings. The number of fused-ring (bicyclic) bond motifs is 1. The van der Waals surface area contributed by atoms with Crippen LogP contribution < -0.4 is 5.32 Å². The van der Waals surface area contributed by atoms with Crippen LogP contribution in [0.15, 0.2) is 24.3 Å². The van der Waals surface area contributed by atoms with E-state index in [1.165, 1.54) is 18.3 Å². The first-order valence-electron chi connectivity index (χ1n) is 7.10. The molecule has 1 N–H and O–H groups in total. The summed E-state index contributed by atoms with van der Waals surface area (Å²) in [5.41, 5.74) is 1.21. The van der Waals surface area contributed by atoms with E-state index in [9.17, 15) is 9.59 Å². The number of Topliss-reactive ketones (excluding diaryl/α,β-unsaturated/α-hetero) is 1. The topological polar surface area (TPSA) is 89.2 Å². The third-order valence-electron chi connectivity index (χ3n) is 3.27. The summed E-state index contributed by atoms with van der Waals surface area (Å²) in [5.74, 6) is 0.562. The molecule has 0 spiro atoms. The van der Waals surface area contributed by atoms with Crippen LogP contribution >= 0.6 is 11.3 Å². The minimum atomic E-state index is -0.314. The van der Waals surface area contributed by atoms with Crippen LogP contribution in [-0.2, 0) is 0 Å². The van der Waals surface area contributed by atoms with Crippen LogP contribution in [0.2, 0.25) is 0 Å². The zero-order chi connectivity index (χ0) is 16.6. The first-order chi connectivity index (χ1) is 11.0. The summed E-state index contributed by atoms with van der Waals surface area (Å²) in [6, 6.07) is 6.73. The van der Waals surface area contributed by atoms with Crippen molar-refractivity contribution in [2.75, 3.05) is 5.32 Å². The van der Waals surface area contributed by atoms with Crippen LogP contribution in [-0.4, -0.2) is 31.5 Å². The van der Waals surface area contributed by atoms with Crippen molar-refractivity contribution in [3.05, 3.63) is 40.7 Å². The van der Waals surface area contributed by atoms with Gasteiger partial charge >= 0.3 is 0 Å². The second kappa shape index (κ2) is 5.88. The Kier molecular flexibility index (Phi) is 3.91. The highest BCUT2D eigenvalue weighted by Gasteiger charge is 2.18. The van der Waals surface area contributed by atoms with Gasteiger partial charge in [0.15, 0.2) is 11.6 Å². The number of amides is 1. The third kappa shape index (κ3) is 2.98. The van der Waals surface area contributed by atoms with E-state index >= 15 is 0 Å². The number of hydrogen-bond donors (Lipinski definition) is 1. The smallest absolute Gasteiger partial charge is 0.286 e. The van der Waals surface area contributed by atoms with Gasteiger partial charge in [-0.15, -0.1) is 15.3 Å². The zero-order valence-corrected chi connectivity index (χ0v) is 13.7. The molecule has 0 unspecified atom stereocenters. The molecule has 0 saturated heterocycles. The highest BCUT2D eigenvalue weighted by atomic mass is 32.1. The van der Waals surface area contributed by atoms with E-state index in [1.54, 1.807) is 28.8 Å². The molecule has 0 atom stereocenters. The Morgan fingerprint density at radius 3 is 2.48 bits per heavy atom. The van der Waals surface area contributed by atoms with Gasteiger partial charge in [-0.1, -0.05) is 25.2 Å². The number of ketones is 1. The van der Waals surface area contributed by atoms with E-state index in [0.29, 0.717) is 21.2 Å². The van der Waals surface area contributed by atoms with Crippen molar-refractivity contribution in [1.29, 1.82) is 0 Å². The lowest BCUT2D eigenvalue weighted by Gasteiger charge is -2.03. The maximum Gasteiger partial charge on any atom is 0.286 e. The van der Waals surface area contributed by atoms with Crippen LogP contribution in [0.25, 0.3) is 4.96 Å². The summed E-state index contributed by atoms with van der Waals surface area (Å²) in [4.78, 5) is 24.1. The zero-order valence-electron chi connectivity index (χ0n) is 12.9. The molecule has 3 aromatic rings. The summed E-state index contributed by atoms with van der Waals surface area (Å²) in [5, 5.41) is 15.4. The Morgan fingerprint density at radius 1 is 1.17 bits per heavy atom. The third-order valence-corrected chi connectivity index (χ3v) is 4.17. The Hall–Kier alpha value is -2.61. The lowest BCUT2D eigenvalue weighted by atomic mass is 10.1. The number of carbonyl (C=O) groups is 2. The van der Waals surface area contributed by atoms with Gasteiger partial charge in [0.1, 0.15) is 0 Å². The van der Waals surface area contributed by atoms with Gasteiger partial charge in [0.2, 0.25) is 9.97 Å². The van der Waals surface area contributed by atoms with Gasteiger partial charge in [-0.05, 0) is 31.2 Å². The van der Waals surface area contributed by atoms with Crippen molar-refractivity contribution < 1.29 is 9.59 Å². The highest BCUT2D eigenvalue weighted by Crippen LogP contribution is 2.19. The van der Waals surface area contributed by atoms with Gasteiger partial charge in [0.05, 0.1) is 0 Å². The summed E-state index contributed by atoms with van der Waals surface area (Å²) in [6.07, 6.45) is 0. The maximum absolute atomic E-state index is 12.3. The van der Waals surface area contributed by atoms with Crippen LogP contribution in [0.4, 0.5) is 5.69 Å². The van der Waals surface area contributed by atoms with Crippen molar-refractivity contribution in [2.45, 2.75) is 26.7 Å². The van der Waals surface area contributed by atoms with Gasteiger partial charge in [-0.2, -0.15) is 4.52 Å². The van der Waals surface area contributed by atoms with Gasteiger partial charge in [0.25, 0.3) is 5.91 Å². The molecule has 0 aliphatic carbocycles. The van der Waals surface area contributed by atoms with E-state index in [2.05, 4.69) is 20.6 Å². The van der Waals surface area contributed by atoms with Crippen LogP contribution in [0.3, 0.4) is 0 Å². The first kappa shape index (κ1) is 15.3. The van der Waals surface area contributed by atoms with E-state index < -0.39 is 0 Å². The van der Waals surface area contributed by atoms with Crippen LogP contribution in [0, 0.1) is 0 Å². The number of aromatic nitrogens is 4. The number of rotatable bonds is 4. The first-order valence-corrected chi connectivity index (χ1v) is 7.92. The predicted molar refractivity (Wildman–Crippen MR) is 87.1 cm³/mol. The fourth-order valence-electron chi connectivity index (χ4n) is 2.06. The van der Waals surface area contributed by atoms with Gasteiger partial charge in [0, 0.05) is 17.2 Å². The molecular weight excluding hydrogens is 314 g/mol. The monoisotopic (exact) mass is 329 g/mol. The minimum absolute atomic E-state index is 0.0160. The minimum Gasteiger partial charge on any atom is -0.320 e. The molecule has 7 nitrogen and oxygen atoms in total. The van der Waals surface area contributed by atoms with Crippen LogP contribution in [0.1, 0.15) is 52.7 Å². The van der Waals surface area contributed by atoms with Crippen molar-refractivity contribution in [3.63, 3.8) is 0 Å². The van der Waals surface area contributed by atoms with Crippen molar-refractivity contribution in [3.8, 4) is 0 Å². The summed E-state index contributed by atoms with van der Waals surface area (Å²) in [7, 11) is 0. The fraction of sp³-hybridized carbons (Fsp3) is 0.267. The molecule has 118 valence electrons. The maximum atomic E-state index is 12.3. The molecule has 23 heavy (non-hydrogen) atoms. The van der Waals surface area contributed by atoms with E-state index in [0.717, 1.165) is 5.82 Å². The summed E-state index contributed by atoms with van der Waals surface area (Å²) in [6.45, 7) is 5.48. The fourth-order valence-corrected chi connectivity index (χ4v) is 2.80. The summed E-state index contributed by atoms with van der Waals surface area (Å²) >= 11 is 1.18. The van der Waals surface area contributed by atoms with Crippen molar-refractivity contribution in [1.82, 2.24) is 19.8 Å². The molecule has 2 aromatic heterocycles. The SMILES string of the molecule is CC(=O)c1ccc(NC(=O)c2nn3c(C(C)C)nnc3s2)cc1. The number of nitrogens with zero attached hydrogens (tertiary/aromatic N) is 4. The standard InChI is InChI=1S/C15H15N5O2S/c1-8(2)12-17-18-15-20(12)19-14(23-15)13(22)16-11-6-4-10(5-7-11)9(3)21/h4-8H,1-3H3,(H,16,22). The van der Waals surface area contributed by atoms with E-state index in [4.69, 9.17) is 0 Å². The van der Waals surface area contributed by atoms with Gasteiger partial charge < -0.3 is 5.32 Å². The van der Waals surface area contributed by atoms with Crippen molar-refractivity contribution in [2.24, 2.45) is 0 Å². The molecule has 0 saturated carbocycles. The lowest BCUT2D eigenvalue weighted by Crippen LogP contribution is -2.12. The average molecular weight is 329 g/mol. The largest absolute Gasteiger partial charge is 0.320 e. The lowest BCUT2D eigenvalue weighted by molar-refractivity contribution is 0.101.